The van der Waals surface area contributed by atoms with Crippen molar-refractivity contribution in [2.75, 3.05) is 52.5 Å². The maximum Gasteiger partial charge on any atom is 0.254 e. The fourth-order valence-corrected chi connectivity index (χ4v) is 4.15. The predicted octanol–water partition coefficient (Wildman–Crippen LogP) is 2.29. The van der Waals surface area contributed by atoms with Crippen molar-refractivity contribution in [3.05, 3.63) is 34.9 Å². The summed E-state index contributed by atoms with van der Waals surface area (Å²) in [5.41, 5.74) is 0.587. The number of benzene rings is 1. The summed E-state index contributed by atoms with van der Waals surface area (Å²) in [5.74, 6) is 0.672. The van der Waals surface area contributed by atoms with Gasteiger partial charge < -0.3 is 14.4 Å². The lowest BCUT2D eigenvalue weighted by Gasteiger charge is -2.53. The number of carbonyl (C=O) groups is 1. The highest BCUT2D eigenvalue weighted by Gasteiger charge is 2.48. The second-order valence-corrected chi connectivity index (χ2v) is 7.92. The SMILES string of the molecule is O=C(c1ccc(Cl)cc1)N1CC2(CC[C@@H](CN3CCOCC3)CO2)C1. The van der Waals surface area contributed by atoms with Gasteiger partial charge in [0.1, 0.15) is 5.60 Å². The highest BCUT2D eigenvalue weighted by molar-refractivity contribution is 6.30. The minimum absolute atomic E-state index is 0.0707. The normalized spacial score (nSPS) is 26.4. The molecule has 4 rings (SSSR count). The molecule has 0 saturated carbocycles. The zero-order valence-electron chi connectivity index (χ0n) is 14.5. The average Bonchev–Trinajstić information content (AvgIpc) is 2.62. The van der Waals surface area contributed by atoms with Crippen LogP contribution in [0.15, 0.2) is 24.3 Å². The van der Waals surface area contributed by atoms with Crippen LogP contribution in [0.2, 0.25) is 5.02 Å². The summed E-state index contributed by atoms with van der Waals surface area (Å²) in [7, 11) is 0. The van der Waals surface area contributed by atoms with E-state index in [1.54, 1.807) is 24.3 Å². The maximum atomic E-state index is 12.5. The van der Waals surface area contributed by atoms with Crippen LogP contribution in [0.4, 0.5) is 0 Å². The Balaban J connectivity index is 1.25. The molecule has 1 aromatic rings. The van der Waals surface area contributed by atoms with Crippen molar-refractivity contribution in [1.29, 1.82) is 0 Å². The Morgan fingerprint density at radius 2 is 1.92 bits per heavy atom. The van der Waals surface area contributed by atoms with E-state index in [4.69, 9.17) is 21.1 Å². The molecule has 0 aromatic heterocycles. The fourth-order valence-electron chi connectivity index (χ4n) is 4.03. The van der Waals surface area contributed by atoms with Gasteiger partial charge in [-0.1, -0.05) is 11.6 Å². The number of halogens is 1. The van der Waals surface area contributed by atoms with E-state index >= 15 is 0 Å². The number of hydrogen-bond donors (Lipinski definition) is 0. The van der Waals surface area contributed by atoms with Gasteiger partial charge in [0.05, 0.1) is 32.9 Å². The van der Waals surface area contributed by atoms with Crippen LogP contribution in [-0.4, -0.2) is 73.9 Å². The van der Waals surface area contributed by atoms with Crippen LogP contribution in [0, 0.1) is 5.92 Å². The van der Waals surface area contributed by atoms with Crippen molar-refractivity contribution in [2.24, 2.45) is 5.92 Å². The Morgan fingerprint density at radius 3 is 2.56 bits per heavy atom. The van der Waals surface area contributed by atoms with Gasteiger partial charge in [0.25, 0.3) is 5.91 Å². The zero-order valence-corrected chi connectivity index (χ0v) is 15.2. The molecule has 3 fully saturated rings. The van der Waals surface area contributed by atoms with E-state index in [2.05, 4.69) is 4.90 Å². The van der Waals surface area contributed by atoms with Crippen molar-refractivity contribution in [2.45, 2.75) is 18.4 Å². The molecule has 1 amide bonds. The van der Waals surface area contributed by atoms with Gasteiger partial charge in [0.15, 0.2) is 0 Å². The first-order chi connectivity index (χ1) is 12.1. The summed E-state index contributed by atoms with van der Waals surface area (Å²) in [6.45, 7) is 7.08. The van der Waals surface area contributed by atoms with E-state index in [0.29, 0.717) is 29.6 Å². The van der Waals surface area contributed by atoms with Crippen LogP contribution >= 0.6 is 11.6 Å². The Kier molecular flexibility index (Phi) is 5.00. The molecule has 0 aliphatic carbocycles. The first-order valence-corrected chi connectivity index (χ1v) is 9.50. The lowest BCUT2D eigenvalue weighted by Crippen LogP contribution is -2.66. The second-order valence-electron chi connectivity index (χ2n) is 7.48. The number of ether oxygens (including phenoxy) is 2. The number of carbonyl (C=O) groups excluding carboxylic acids is 1. The summed E-state index contributed by atoms with van der Waals surface area (Å²) >= 11 is 5.89. The van der Waals surface area contributed by atoms with Gasteiger partial charge in [-0.05, 0) is 43.0 Å². The van der Waals surface area contributed by atoms with Crippen molar-refractivity contribution in [1.82, 2.24) is 9.80 Å². The van der Waals surface area contributed by atoms with Crippen molar-refractivity contribution in [3.8, 4) is 0 Å². The van der Waals surface area contributed by atoms with Crippen LogP contribution in [0.25, 0.3) is 0 Å². The molecular formula is C19H25ClN2O3. The highest BCUT2D eigenvalue weighted by atomic mass is 35.5. The molecule has 3 saturated heterocycles. The Hall–Kier alpha value is -1.14. The molecule has 1 aromatic carbocycles. The van der Waals surface area contributed by atoms with E-state index in [9.17, 15) is 4.79 Å². The van der Waals surface area contributed by atoms with Gasteiger partial charge in [-0.25, -0.2) is 0 Å². The quantitative estimate of drug-likeness (QED) is 0.825. The summed E-state index contributed by atoms with van der Waals surface area (Å²) in [4.78, 5) is 16.9. The minimum Gasteiger partial charge on any atom is -0.379 e. The number of nitrogens with zero attached hydrogens (tertiary/aromatic N) is 2. The summed E-state index contributed by atoms with van der Waals surface area (Å²) < 4.78 is 11.6. The lowest BCUT2D eigenvalue weighted by molar-refractivity contribution is -0.169. The van der Waals surface area contributed by atoms with E-state index in [0.717, 1.165) is 45.9 Å². The maximum absolute atomic E-state index is 12.5. The third-order valence-electron chi connectivity index (χ3n) is 5.59. The second kappa shape index (κ2) is 7.23. The van der Waals surface area contributed by atoms with Crippen molar-refractivity contribution >= 4 is 17.5 Å². The third-order valence-corrected chi connectivity index (χ3v) is 5.84. The average molecular weight is 365 g/mol. The summed E-state index contributed by atoms with van der Waals surface area (Å²) in [6, 6.07) is 7.10. The lowest BCUT2D eigenvalue weighted by atomic mass is 9.82. The van der Waals surface area contributed by atoms with Gasteiger partial charge in [0, 0.05) is 30.2 Å². The molecule has 0 bridgehead atoms. The highest BCUT2D eigenvalue weighted by Crippen LogP contribution is 2.37. The van der Waals surface area contributed by atoms with Crippen LogP contribution in [0.3, 0.4) is 0 Å². The molecule has 0 unspecified atom stereocenters. The molecule has 1 atom stereocenters. The van der Waals surface area contributed by atoms with Gasteiger partial charge in [-0.2, -0.15) is 0 Å². The first-order valence-electron chi connectivity index (χ1n) is 9.12. The monoisotopic (exact) mass is 364 g/mol. The molecule has 3 aliphatic rings. The molecule has 0 radical (unpaired) electrons. The molecule has 3 heterocycles. The first kappa shape index (κ1) is 17.3. The van der Waals surface area contributed by atoms with Crippen molar-refractivity contribution in [3.63, 3.8) is 0 Å². The molecule has 6 heteroatoms. The molecule has 1 spiro atoms. The van der Waals surface area contributed by atoms with E-state index < -0.39 is 0 Å². The number of likely N-dealkylation sites (tertiary alicyclic amines) is 1. The van der Waals surface area contributed by atoms with Crippen LogP contribution in [0.1, 0.15) is 23.2 Å². The number of rotatable bonds is 3. The minimum atomic E-state index is -0.108. The van der Waals surface area contributed by atoms with Gasteiger partial charge in [0.2, 0.25) is 0 Å². The van der Waals surface area contributed by atoms with E-state index in [1.165, 1.54) is 6.42 Å². The summed E-state index contributed by atoms with van der Waals surface area (Å²) in [5, 5.41) is 0.651. The Morgan fingerprint density at radius 1 is 1.20 bits per heavy atom. The number of amides is 1. The topological polar surface area (TPSA) is 42.0 Å². The number of hydrogen-bond acceptors (Lipinski definition) is 4. The molecular weight excluding hydrogens is 340 g/mol. The van der Waals surface area contributed by atoms with Gasteiger partial charge in [-0.3, -0.25) is 9.69 Å². The zero-order chi connectivity index (χ0) is 17.3. The van der Waals surface area contributed by atoms with Crippen LogP contribution in [0.5, 0.6) is 0 Å². The molecule has 136 valence electrons. The molecule has 25 heavy (non-hydrogen) atoms. The smallest absolute Gasteiger partial charge is 0.254 e. The largest absolute Gasteiger partial charge is 0.379 e. The van der Waals surface area contributed by atoms with E-state index in [1.807, 2.05) is 4.90 Å². The van der Waals surface area contributed by atoms with Crippen LogP contribution in [-0.2, 0) is 9.47 Å². The predicted molar refractivity (Wildman–Crippen MR) is 96.0 cm³/mol. The molecule has 5 nitrogen and oxygen atoms in total. The number of morpholine rings is 1. The van der Waals surface area contributed by atoms with Gasteiger partial charge >= 0.3 is 0 Å². The summed E-state index contributed by atoms with van der Waals surface area (Å²) in [6.07, 6.45) is 2.23. The Bertz CT molecular complexity index is 600. The Labute approximate surface area is 153 Å². The molecule has 0 N–H and O–H groups in total. The van der Waals surface area contributed by atoms with Crippen LogP contribution < -0.4 is 0 Å². The van der Waals surface area contributed by atoms with E-state index in [-0.39, 0.29) is 11.5 Å². The molecule has 3 aliphatic heterocycles. The van der Waals surface area contributed by atoms with Gasteiger partial charge in [-0.15, -0.1) is 0 Å². The third kappa shape index (κ3) is 3.85. The van der Waals surface area contributed by atoms with Crippen molar-refractivity contribution < 1.29 is 14.3 Å². The standard InChI is InChI=1S/C19H25ClN2O3/c20-17-3-1-16(2-4-17)18(23)22-13-19(14-22)6-5-15(12-25-19)11-21-7-9-24-10-8-21/h1-4,15H,5-14H2/t15-/m0/s1. The fraction of sp³-hybridized carbons (Fsp3) is 0.632.